The maximum Gasteiger partial charge on any atom is 0.215 e. The molecule has 0 amide bonds. The number of anilines is 1. The molecule has 0 saturated carbocycles. The maximum absolute atomic E-state index is 11.8. The summed E-state index contributed by atoms with van der Waals surface area (Å²) in [5.41, 5.74) is 6.91. The van der Waals surface area contributed by atoms with E-state index in [-0.39, 0.29) is 18.9 Å². The van der Waals surface area contributed by atoms with Gasteiger partial charge in [-0.05, 0) is 19.1 Å². The molecule has 2 aromatic rings. The van der Waals surface area contributed by atoms with E-state index >= 15 is 0 Å². The van der Waals surface area contributed by atoms with E-state index in [9.17, 15) is 8.42 Å². The fraction of sp³-hybridized carbons (Fsp3) is 0.308. The lowest BCUT2D eigenvalue weighted by atomic mass is 10.3. The molecule has 114 valence electrons. The summed E-state index contributed by atoms with van der Waals surface area (Å²) in [5.74, 6) is 0.436. The number of aryl methyl sites for hydroxylation is 1. The van der Waals surface area contributed by atoms with Gasteiger partial charge in [0.15, 0.2) is 0 Å². The Morgan fingerprint density at radius 2 is 2.24 bits per heavy atom. The van der Waals surface area contributed by atoms with Gasteiger partial charge in [-0.25, -0.2) is 18.1 Å². The van der Waals surface area contributed by atoms with Gasteiger partial charge in [0.1, 0.15) is 12.4 Å². The highest BCUT2D eigenvalue weighted by atomic mass is 32.2. The van der Waals surface area contributed by atoms with E-state index in [1.165, 1.54) is 11.3 Å². The Balaban J connectivity index is 1.78. The molecule has 0 aliphatic rings. The van der Waals surface area contributed by atoms with Crippen molar-refractivity contribution in [1.29, 1.82) is 0 Å². The number of nitrogens with two attached hydrogens (primary N) is 1. The number of ether oxygens (including phenoxy) is 1. The maximum atomic E-state index is 11.8. The summed E-state index contributed by atoms with van der Waals surface area (Å²) in [6.45, 7) is 2.14. The van der Waals surface area contributed by atoms with Crippen LogP contribution in [0, 0.1) is 6.92 Å². The first-order chi connectivity index (χ1) is 9.94. The number of sulfonamides is 1. The van der Waals surface area contributed by atoms with Crippen LogP contribution in [-0.2, 0) is 16.6 Å². The highest BCUT2D eigenvalue weighted by Crippen LogP contribution is 2.14. The fourth-order valence-electron chi connectivity index (χ4n) is 1.62. The first kappa shape index (κ1) is 15.7. The van der Waals surface area contributed by atoms with Gasteiger partial charge in [0, 0.05) is 17.1 Å². The number of hydrogen-bond donors (Lipinski definition) is 2. The molecule has 21 heavy (non-hydrogen) atoms. The quantitative estimate of drug-likeness (QED) is 0.752. The van der Waals surface area contributed by atoms with Gasteiger partial charge in [-0.1, -0.05) is 6.07 Å². The van der Waals surface area contributed by atoms with Gasteiger partial charge in [0.2, 0.25) is 10.0 Å². The summed E-state index contributed by atoms with van der Waals surface area (Å²) in [6.07, 6.45) is 0. The number of thiazole rings is 1. The third kappa shape index (κ3) is 5.33. The Hall–Kier alpha value is -1.64. The average Bonchev–Trinajstić information content (AvgIpc) is 2.82. The van der Waals surface area contributed by atoms with Crippen LogP contribution in [0.2, 0.25) is 0 Å². The van der Waals surface area contributed by atoms with E-state index < -0.39 is 10.0 Å². The summed E-state index contributed by atoms with van der Waals surface area (Å²) in [6, 6.07) is 6.87. The van der Waals surface area contributed by atoms with Crippen LogP contribution in [0.5, 0.6) is 5.75 Å². The normalized spacial score (nSPS) is 11.5. The topological polar surface area (TPSA) is 94.3 Å². The van der Waals surface area contributed by atoms with Gasteiger partial charge in [-0.2, -0.15) is 0 Å². The molecule has 3 N–H and O–H groups in total. The van der Waals surface area contributed by atoms with Crippen molar-refractivity contribution in [2.24, 2.45) is 0 Å². The monoisotopic (exact) mass is 327 g/mol. The van der Waals surface area contributed by atoms with Crippen LogP contribution >= 0.6 is 11.3 Å². The molecule has 0 aliphatic heterocycles. The Morgan fingerprint density at radius 3 is 2.90 bits per heavy atom. The van der Waals surface area contributed by atoms with E-state index in [0.29, 0.717) is 11.4 Å². The van der Waals surface area contributed by atoms with Crippen molar-refractivity contribution in [1.82, 2.24) is 9.71 Å². The van der Waals surface area contributed by atoms with Gasteiger partial charge >= 0.3 is 0 Å². The summed E-state index contributed by atoms with van der Waals surface area (Å²) >= 11 is 1.49. The van der Waals surface area contributed by atoms with Crippen molar-refractivity contribution in [2.45, 2.75) is 13.5 Å². The number of benzene rings is 1. The van der Waals surface area contributed by atoms with Crippen molar-refractivity contribution in [3.8, 4) is 5.75 Å². The Kier molecular flexibility index (Phi) is 5.16. The molecule has 1 aromatic carbocycles. The van der Waals surface area contributed by atoms with E-state index in [2.05, 4.69) is 9.71 Å². The zero-order valence-corrected chi connectivity index (χ0v) is 13.2. The molecule has 0 unspecified atom stereocenters. The van der Waals surface area contributed by atoms with Crippen LogP contribution in [0.4, 0.5) is 5.69 Å². The van der Waals surface area contributed by atoms with Crippen LogP contribution in [0.3, 0.4) is 0 Å². The minimum atomic E-state index is -3.39. The molecule has 0 atom stereocenters. The first-order valence-corrected chi connectivity index (χ1v) is 8.84. The third-order valence-electron chi connectivity index (χ3n) is 2.62. The largest absolute Gasteiger partial charge is 0.492 e. The zero-order valence-electron chi connectivity index (χ0n) is 11.6. The van der Waals surface area contributed by atoms with Crippen molar-refractivity contribution < 1.29 is 13.2 Å². The predicted molar refractivity (Wildman–Crippen MR) is 83.8 cm³/mol. The van der Waals surface area contributed by atoms with Gasteiger partial charge < -0.3 is 10.5 Å². The zero-order chi connectivity index (χ0) is 15.3. The van der Waals surface area contributed by atoms with Crippen molar-refractivity contribution >= 4 is 27.0 Å². The number of hydrogen-bond acceptors (Lipinski definition) is 6. The minimum Gasteiger partial charge on any atom is -0.492 e. The lowest BCUT2D eigenvalue weighted by Gasteiger charge is -2.08. The summed E-state index contributed by atoms with van der Waals surface area (Å²) in [5, 5.41) is 2.75. The van der Waals surface area contributed by atoms with Crippen LogP contribution in [0.1, 0.15) is 10.7 Å². The number of rotatable bonds is 7. The highest BCUT2D eigenvalue weighted by molar-refractivity contribution is 7.89. The van der Waals surface area contributed by atoms with Crippen LogP contribution in [0.15, 0.2) is 29.6 Å². The van der Waals surface area contributed by atoms with E-state index in [4.69, 9.17) is 10.5 Å². The predicted octanol–water partition coefficient (Wildman–Crippen LogP) is 1.53. The van der Waals surface area contributed by atoms with E-state index in [1.807, 2.05) is 12.3 Å². The lowest BCUT2D eigenvalue weighted by Crippen LogP contribution is -2.28. The number of nitrogens with zero attached hydrogens (tertiary/aromatic N) is 1. The molecule has 1 aromatic heterocycles. The first-order valence-electron chi connectivity index (χ1n) is 6.31. The Labute approximate surface area is 128 Å². The molecule has 0 aliphatic carbocycles. The van der Waals surface area contributed by atoms with E-state index in [1.54, 1.807) is 24.3 Å². The molecule has 0 fully saturated rings. The van der Waals surface area contributed by atoms with Gasteiger partial charge in [-0.15, -0.1) is 11.3 Å². The van der Waals surface area contributed by atoms with Crippen molar-refractivity contribution in [3.63, 3.8) is 0 Å². The lowest BCUT2D eigenvalue weighted by molar-refractivity contribution is 0.340. The van der Waals surface area contributed by atoms with Crippen LogP contribution in [-0.4, -0.2) is 25.8 Å². The second-order valence-electron chi connectivity index (χ2n) is 4.42. The Morgan fingerprint density at radius 1 is 1.43 bits per heavy atom. The second-order valence-corrected chi connectivity index (χ2v) is 7.41. The van der Waals surface area contributed by atoms with Gasteiger partial charge in [-0.3, -0.25) is 0 Å². The van der Waals surface area contributed by atoms with Gasteiger partial charge in [0.25, 0.3) is 0 Å². The van der Waals surface area contributed by atoms with Crippen molar-refractivity contribution in [2.75, 3.05) is 18.1 Å². The number of aromatic nitrogens is 1. The highest BCUT2D eigenvalue weighted by Gasteiger charge is 2.11. The second kappa shape index (κ2) is 6.88. The van der Waals surface area contributed by atoms with Crippen LogP contribution in [0.25, 0.3) is 0 Å². The van der Waals surface area contributed by atoms with Gasteiger partial charge in [0.05, 0.1) is 23.0 Å². The van der Waals surface area contributed by atoms with E-state index in [0.717, 1.165) is 10.7 Å². The molecule has 2 rings (SSSR count). The summed E-state index contributed by atoms with van der Waals surface area (Å²) in [4.78, 5) is 4.20. The van der Waals surface area contributed by atoms with Crippen molar-refractivity contribution in [3.05, 3.63) is 40.3 Å². The summed E-state index contributed by atoms with van der Waals surface area (Å²) in [7, 11) is -3.39. The molecule has 0 bridgehead atoms. The van der Waals surface area contributed by atoms with Crippen LogP contribution < -0.4 is 15.2 Å². The molecular weight excluding hydrogens is 310 g/mol. The molecule has 6 nitrogen and oxygen atoms in total. The SMILES string of the molecule is Cc1nc(CNS(=O)(=O)CCOc2cccc(N)c2)cs1. The molecule has 1 heterocycles. The smallest absolute Gasteiger partial charge is 0.215 e. The standard InChI is InChI=1S/C13H17N3O3S2/c1-10-16-12(9-20-10)8-15-21(17,18)6-5-19-13-4-2-3-11(14)7-13/h2-4,7,9,15H,5-6,8,14H2,1H3. The molecule has 0 spiro atoms. The molecular formula is C13H17N3O3S2. The Bertz CT molecular complexity index is 698. The number of nitrogens with one attached hydrogen (secondary N) is 1. The number of nitrogen functional groups attached to an aromatic ring is 1. The summed E-state index contributed by atoms with van der Waals surface area (Å²) < 4.78 is 31.5. The third-order valence-corrected chi connectivity index (χ3v) is 4.73. The minimum absolute atomic E-state index is 0.0644. The molecule has 0 radical (unpaired) electrons. The molecule has 8 heteroatoms. The fourth-order valence-corrected chi connectivity index (χ4v) is 3.05. The average molecular weight is 327 g/mol. The molecule has 0 saturated heterocycles.